The number of H-pyrrole nitrogens is 1. The van der Waals surface area contributed by atoms with Crippen LogP contribution in [0.5, 0.6) is 0 Å². The Morgan fingerprint density at radius 1 is 1.14 bits per heavy atom. The van der Waals surface area contributed by atoms with Gasteiger partial charge in [-0.3, -0.25) is 9.79 Å². The molecule has 2 aromatic carbocycles. The Morgan fingerprint density at radius 2 is 1.93 bits per heavy atom. The third kappa shape index (κ3) is 3.62. The van der Waals surface area contributed by atoms with Crippen LogP contribution in [-0.2, 0) is 0 Å². The van der Waals surface area contributed by atoms with Crippen LogP contribution in [0.25, 0.3) is 16.8 Å². The van der Waals surface area contributed by atoms with Crippen molar-refractivity contribution < 1.29 is 4.79 Å². The quantitative estimate of drug-likeness (QED) is 0.687. The van der Waals surface area contributed by atoms with E-state index in [4.69, 9.17) is 16.6 Å². The number of benzene rings is 2. The fraction of sp³-hybridized carbons (Fsp3) is 0.136. The number of amidine groups is 1. The molecule has 0 spiro atoms. The molecule has 28 heavy (non-hydrogen) atoms. The van der Waals surface area contributed by atoms with Crippen molar-refractivity contribution in [3.05, 3.63) is 82.3 Å². The monoisotopic (exact) mass is 390 g/mol. The van der Waals surface area contributed by atoms with Crippen molar-refractivity contribution >= 4 is 28.9 Å². The van der Waals surface area contributed by atoms with Gasteiger partial charge in [-0.15, -0.1) is 0 Å². The lowest BCUT2D eigenvalue weighted by Crippen LogP contribution is -2.28. The molecule has 0 aliphatic carbocycles. The lowest BCUT2D eigenvalue weighted by molar-refractivity contribution is 0.0977. The van der Waals surface area contributed by atoms with Gasteiger partial charge in [0.2, 0.25) is 0 Å². The molecule has 5 nitrogen and oxygen atoms in total. The fourth-order valence-corrected chi connectivity index (χ4v) is 3.24. The van der Waals surface area contributed by atoms with Crippen LogP contribution in [0.15, 0.2) is 59.6 Å². The van der Waals surface area contributed by atoms with E-state index in [1.54, 1.807) is 12.1 Å². The average molecular weight is 391 g/mol. The standard InChI is InChI=1S/C22H19ClN4O/c1-13-8-9-16(10-18(13)23)22(28)26-19-11-17(12-24-19)21-25-14(2)20(27-21)15-6-4-3-5-7-15/h3-11H,12H2,1-2H3,(H,25,27)(H,24,26,28). The molecule has 0 atom stereocenters. The predicted octanol–water partition coefficient (Wildman–Crippen LogP) is 4.57. The first-order valence-corrected chi connectivity index (χ1v) is 9.34. The Labute approximate surface area is 168 Å². The summed E-state index contributed by atoms with van der Waals surface area (Å²) >= 11 is 6.11. The van der Waals surface area contributed by atoms with E-state index in [0.29, 0.717) is 23.0 Å². The smallest absolute Gasteiger partial charge is 0.256 e. The number of carbonyl (C=O) groups excluding carboxylic acids is 1. The van der Waals surface area contributed by atoms with Gasteiger partial charge in [-0.1, -0.05) is 48.0 Å². The number of aromatic nitrogens is 2. The zero-order valence-electron chi connectivity index (χ0n) is 15.6. The molecule has 2 heterocycles. The first-order valence-electron chi connectivity index (χ1n) is 8.96. The van der Waals surface area contributed by atoms with E-state index in [1.165, 1.54) is 0 Å². The van der Waals surface area contributed by atoms with Gasteiger partial charge in [0.15, 0.2) is 0 Å². The van der Waals surface area contributed by atoms with Crippen molar-refractivity contribution in [1.82, 2.24) is 15.3 Å². The highest BCUT2D eigenvalue weighted by molar-refractivity contribution is 6.31. The second-order valence-corrected chi connectivity index (χ2v) is 7.12. The molecule has 6 heteroatoms. The molecule has 1 amide bonds. The molecule has 1 aliphatic heterocycles. The molecule has 0 fully saturated rings. The van der Waals surface area contributed by atoms with Crippen LogP contribution in [0, 0.1) is 13.8 Å². The van der Waals surface area contributed by atoms with Crippen LogP contribution >= 0.6 is 11.6 Å². The topological polar surface area (TPSA) is 70.1 Å². The number of hydrogen-bond acceptors (Lipinski definition) is 3. The Kier molecular flexibility index (Phi) is 4.84. The molecule has 0 radical (unpaired) electrons. The van der Waals surface area contributed by atoms with Crippen molar-refractivity contribution in [1.29, 1.82) is 0 Å². The molecule has 2 N–H and O–H groups in total. The molecule has 140 valence electrons. The molecular formula is C22H19ClN4O. The van der Waals surface area contributed by atoms with Gasteiger partial charge in [-0.25, -0.2) is 4.98 Å². The summed E-state index contributed by atoms with van der Waals surface area (Å²) in [6.07, 6.45) is 1.85. The summed E-state index contributed by atoms with van der Waals surface area (Å²) in [6, 6.07) is 15.3. The minimum Gasteiger partial charge on any atom is -0.342 e. The van der Waals surface area contributed by atoms with Crippen molar-refractivity contribution in [3.63, 3.8) is 0 Å². The second kappa shape index (κ2) is 7.44. The van der Waals surface area contributed by atoms with E-state index in [2.05, 4.69) is 15.3 Å². The third-order valence-corrected chi connectivity index (χ3v) is 5.05. The number of nitrogens with one attached hydrogen (secondary N) is 2. The summed E-state index contributed by atoms with van der Waals surface area (Å²) in [5.74, 6) is 1.05. The number of aryl methyl sites for hydroxylation is 2. The van der Waals surface area contributed by atoms with E-state index in [9.17, 15) is 4.79 Å². The van der Waals surface area contributed by atoms with Crippen molar-refractivity contribution in [3.8, 4) is 11.3 Å². The maximum atomic E-state index is 12.4. The highest BCUT2D eigenvalue weighted by Gasteiger charge is 2.18. The number of aliphatic imine (C=N–C) groups is 1. The molecule has 0 saturated carbocycles. The highest BCUT2D eigenvalue weighted by atomic mass is 35.5. The Hall–Kier alpha value is -3.18. The summed E-state index contributed by atoms with van der Waals surface area (Å²) in [4.78, 5) is 24.9. The van der Waals surface area contributed by atoms with Crippen LogP contribution in [0.4, 0.5) is 0 Å². The van der Waals surface area contributed by atoms with Gasteiger partial charge < -0.3 is 10.3 Å². The largest absolute Gasteiger partial charge is 0.342 e. The zero-order valence-corrected chi connectivity index (χ0v) is 16.3. The van der Waals surface area contributed by atoms with Crippen LogP contribution < -0.4 is 5.32 Å². The maximum absolute atomic E-state index is 12.4. The van der Waals surface area contributed by atoms with Gasteiger partial charge in [0.25, 0.3) is 5.91 Å². The number of halogens is 1. The molecule has 0 bridgehead atoms. The summed E-state index contributed by atoms with van der Waals surface area (Å²) < 4.78 is 0. The molecule has 0 saturated heterocycles. The van der Waals surface area contributed by atoms with E-state index >= 15 is 0 Å². The van der Waals surface area contributed by atoms with E-state index in [1.807, 2.05) is 56.3 Å². The lowest BCUT2D eigenvalue weighted by Gasteiger charge is -2.05. The van der Waals surface area contributed by atoms with E-state index < -0.39 is 0 Å². The number of aromatic amines is 1. The molecule has 1 aromatic heterocycles. The number of carbonyl (C=O) groups is 1. The van der Waals surface area contributed by atoms with Gasteiger partial charge in [0.05, 0.1) is 12.2 Å². The third-order valence-electron chi connectivity index (χ3n) is 4.64. The van der Waals surface area contributed by atoms with Crippen molar-refractivity contribution in [2.75, 3.05) is 6.54 Å². The van der Waals surface area contributed by atoms with Gasteiger partial charge in [0.1, 0.15) is 11.7 Å². The van der Waals surface area contributed by atoms with E-state index in [0.717, 1.165) is 33.9 Å². The second-order valence-electron chi connectivity index (χ2n) is 6.71. The Morgan fingerprint density at radius 3 is 2.68 bits per heavy atom. The van der Waals surface area contributed by atoms with Crippen LogP contribution in [0.2, 0.25) is 5.02 Å². The van der Waals surface area contributed by atoms with Crippen LogP contribution in [-0.4, -0.2) is 28.3 Å². The SMILES string of the molecule is Cc1ccc(C(=O)NC2=NCC(c3nc(-c4ccccc4)c(C)[nH]3)=C2)cc1Cl. The first kappa shape index (κ1) is 18.2. The number of amides is 1. The van der Waals surface area contributed by atoms with Crippen molar-refractivity contribution in [2.45, 2.75) is 13.8 Å². The minimum atomic E-state index is -0.237. The molecule has 3 aromatic rings. The average Bonchev–Trinajstić information content (AvgIpc) is 3.31. The summed E-state index contributed by atoms with van der Waals surface area (Å²) in [5, 5.41) is 3.40. The zero-order chi connectivity index (χ0) is 19.7. The molecular weight excluding hydrogens is 372 g/mol. The maximum Gasteiger partial charge on any atom is 0.256 e. The normalized spacial score (nSPS) is 13.2. The van der Waals surface area contributed by atoms with Crippen molar-refractivity contribution in [2.24, 2.45) is 4.99 Å². The molecule has 0 unspecified atom stereocenters. The van der Waals surface area contributed by atoms with Gasteiger partial charge in [-0.05, 0) is 37.6 Å². The van der Waals surface area contributed by atoms with Crippen LogP contribution in [0.3, 0.4) is 0 Å². The predicted molar refractivity (Wildman–Crippen MR) is 113 cm³/mol. The van der Waals surface area contributed by atoms with E-state index in [-0.39, 0.29) is 5.91 Å². The molecule has 1 aliphatic rings. The van der Waals surface area contributed by atoms with Gasteiger partial charge in [-0.2, -0.15) is 0 Å². The minimum absolute atomic E-state index is 0.237. The number of nitrogens with zero attached hydrogens (tertiary/aromatic N) is 2. The Bertz CT molecular complexity index is 1110. The van der Waals surface area contributed by atoms with Gasteiger partial charge >= 0.3 is 0 Å². The Balaban J connectivity index is 1.51. The van der Waals surface area contributed by atoms with Gasteiger partial charge in [0, 0.05) is 27.4 Å². The number of rotatable bonds is 3. The van der Waals surface area contributed by atoms with Crippen LogP contribution in [0.1, 0.15) is 27.4 Å². The summed E-state index contributed by atoms with van der Waals surface area (Å²) in [5.41, 5.74) is 5.34. The summed E-state index contributed by atoms with van der Waals surface area (Å²) in [7, 11) is 0. The first-order chi connectivity index (χ1) is 13.5. The number of imidazole rings is 1. The fourth-order valence-electron chi connectivity index (χ4n) is 3.06. The summed E-state index contributed by atoms with van der Waals surface area (Å²) in [6.45, 7) is 4.36. The lowest BCUT2D eigenvalue weighted by atomic mass is 10.1. The number of hydrogen-bond donors (Lipinski definition) is 2. The molecule has 4 rings (SSSR count). The highest BCUT2D eigenvalue weighted by Crippen LogP contribution is 2.25.